The summed E-state index contributed by atoms with van der Waals surface area (Å²) in [4.78, 5) is 10.0. The van der Waals surface area contributed by atoms with Crippen molar-refractivity contribution in [3.63, 3.8) is 0 Å². The van der Waals surface area contributed by atoms with E-state index in [1.54, 1.807) is 0 Å². The molecule has 0 aromatic rings. The zero-order valence-corrected chi connectivity index (χ0v) is 5.95. The van der Waals surface area contributed by atoms with Gasteiger partial charge < -0.3 is 19.7 Å². The Balaban J connectivity index is 2.43. The third-order valence-electron chi connectivity index (χ3n) is 1.46. The Morgan fingerprint density at radius 1 is 1.64 bits per heavy atom. The number of hydrogen-bond acceptors (Lipinski definition) is 4. The molecular formula is C6H10O5. The summed E-state index contributed by atoms with van der Waals surface area (Å²) < 4.78 is 9.07. The van der Waals surface area contributed by atoms with Gasteiger partial charge in [-0.15, -0.1) is 0 Å². The van der Waals surface area contributed by atoms with Crippen LogP contribution in [-0.2, 0) is 9.47 Å². The average molecular weight is 162 g/mol. The maximum atomic E-state index is 10.0. The average Bonchev–Trinajstić information content (AvgIpc) is 1.85. The monoisotopic (exact) mass is 162 g/mol. The molecule has 0 radical (unpaired) electrons. The molecule has 0 aliphatic carbocycles. The molecule has 0 saturated carbocycles. The van der Waals surface area contributed by atoms with Crippen molar-refractivity contribution in [2.45, 2.75) is 18.6 Å². The summed E-state index contributed by atoms with van der Waals surface area (Å²) >= 11 is 0. The van der Waals surface area contributed by atoms with E-state index in [4.69, 9.17) is 9.84 Å². The molecule has 0 aromatic heterocycles. The van der Waals surface area contributed by atoms with E-state index >= 15 is 0 Å². The molecule has 64 valence electrons. The first-order valence-electron chi connectivity index (χ1n) is 3.34. The first kappa shape index (κ1) is 8.29. The summed E-state index contributed by atoms with van der Waals surface area (Å²) in [6.45, 7) is 0.477. The molecule has 0 bridgehead atoms. The predicted octanol–water partition coefficient (Wildman–Crippen LogP) is 0.180. The lowest BCUT2D eigenvalue weighted by Crippen LogP contribution is -2.42. The second-order valence-corrected chi connectivity index (χ2v) is 2.47. The zero-order chi connectivity index (χ0) is 8.32. The minimum Gasteiger partial charge on any atom is -0.450 e. The Morgan fingerprint density at radius 3 is 2.82 bits per heavy atom. The number of aliphatic hydroxyl groups is 1. The minimum absolute atomic E-state index is 0.0701. The molecule has 2 N–H and O–H groups in total. The molecule has 1 heterocycles. The van der Waals surface area contributed by atoms with Crippen molar-refractivity contribution in [1.29, 1.82) is 0 Å². The lowest BCUT2D eigenvalue weighted by atomic mass is 10.1. The van der Waals surface area contributed by atoms with Gasteiger partial charge in [-0.3, -0.25) is 0 Å². The van der Waals surface area contributed by atoms with Crippen LogP contribution in [0.1, 0.15) is 12.8 Å². The molecule has 1 aliphatic heterocycles. The molecule has 1 fully saturated rings. The standard InChI is InChI=1S/C6H10O5/c7-5(8)11-6(9)2-1-3-10-4-6/h9H,1-4H2,(H,7,8). The van der Waals surface area contributed by atoms with Crippen LogP contribution < -0.4 is 0 Å². The molecule has 1 atom stereocenters. The molecule has 0 aromatic carbocycles. The van der Waals surface area contributed by atoms with Crippen LogP contribution in [0.4, 0.5) is 4.79 Å². The van der Waals surface area contributed by atoms with Crippen LogP contribution in [0.15, 0.2) is 0 Å². The van der Waals surface area contributed by atoms with Gasteiger partial charge in [0.1, 0.15) is 6.61 Å². The third kappa shape index (κ3) is 2.36. The number of carboxylic acid groups (broad SMARTS) is 1. The SMILES string of the molecule is O=C(O)OC1(O)CCCOC1. The van der Waals surface area contributed by atoms with Crippen LogP contribution in [0.2, 0.25) is 0 Å². The van der Waals surface area contributed by atoms with Gasteiger partial charge in [0, 0.05) is 13.0 Å². The molecule has 5 nitrogen and oxygen atoms in total. The van der Waals surface area contributed by atoms with Crippen LogP contribution in [0.3, 0.4) is 0 Å². The van der Waals surface area contributed by atoms with Crippen LogP contribution in [-0.4, -0.2) is 35.4 Å². The van der Waals surface area contributed by atoms with Gasteiger partial charge in [-0.2, -0.15) is 0 Å². The van der Waals surface area contributed by atoms with E-state index in [9.17, 15) is 9.90 Å². The largest absolute Gasteiger partial charge is 0.508 e. The highest BCUT2D eigenvalue weighted by molar-refractivity contribution is 5.57. The molecule has 1 saturated heterocycles. The van der Waals surface area contributed by atoms with Crippen LogP contribution >= 0.6 is 0 Å². The zero-order valence-electron chi connectivity index (χ0n) is 5.95. The van der Waals surface area contributed by atoms with Gasteiger partial charge in [0.15, 0.2) is 0 Å². The maximum Gasteiger partial charge on any atom is 0.508 e. The van der Waals surface area contributed by atoms with E-state index in [1.807, 2.05) is 0 Å². The van der Waals surface area contributed by atoms with Crippen LogP contribution in [0.5, 0.6) is 0 Å². The normalized spacial score (nSPS) is 31.4. The lowest BCUT2D eigenvalue weighted by Gasteiger charge is -2.29. The topological polar surface area (TPSA) is 76.0 Å². The van der Waals surface area contributed by atoms with Crippen molar-refractivity contribution < 1.29 is 24.5 Å². The molecular weight excluding hydrogens is 152 g/mol. The third-order valence-corrected chi connectivity index (χ3v) is 1.46. The molecule has 1 rings (SSSR count). The Morgan fingerprint density at radius 2 is 2.36 bits per heavy atom. The van der Waals surface area contributed by atoms with Crippen LogP contribution in [0, 0.1) is 0 Å². The Kier molecular flexibility index (Phi) is 2.31. The predicted molar refractivity (Wildman–Crippen MR) is 34.1 cm³/mol. The Bertz CT molecular complexity index is 149. The smallest absolute Gasteiger partial charge is 0.450 e. The van der Waals surface area contributed by atoms with Gasteiger partial charge in [0.25, 0.3) is 0 Å². The van der Waals surface area contributed by atoms with Crippen molar-refractivity contribution in [3.05, 3.63) is 0 Å². The molecule has 5 heteroatoms. The Labute approximate surface area is 63.5 Å². The van der Waals surface area contributed by atoms with Gasteiger partial charge in [0.05, 0.1) is 0 Å². The van der Waals surface area contributed by atoms with Gasteiger partial charge >= 0.3 is 6.16 Å². The second-order valence-electron chi connectivity index (χ2n) is 2.47. The molecule has 11 heavy (non-hydrogen) atoms. The number of ether oxygens (including phenoxy) is 2. The first-order valence-corrected chi connectivity index (χ1v) is 3.34. The molecule has 0 amide bonds. The second kappa shape index (κ2) is 3.06. The summed E-state index contributed by atoms with van der Waals surface area (Å²) in [6, 6.07) is 0. The van der Waals surface area contributed by atoms with E-state index in [0.717, 1.165) is 0 Å². The summed E-state index contributed by atoms with van der Waals surface area (Å²) in [7, 11) is 0. The minimum atomic E-state index is -1.62. The van der Waals surface area contributed by atoms with E-state index < -0.39 is 11.9 Å². The first-order chi connectivity index (χ1) is 5.12. The van der Waals surface area contributed by atoms with E-state index in [1.165, 1.54) is 0 Å². The summed E-state index contributed by atoms with van der Waals surface area (Å²) in [5.74, 6) is -1.62. The van der Waals surface area contributed by atoms with Crippen molar-refractivity contribution in [1.82, 2.24) is 0 Å². The highest BCUT2D eigenvalue weighted by atomic mass is 16.7. The van der Waals surface area contributed by atoms with Crippen molar-refractivity contribution in [2.24, 2.45) is 0 Å². The summed E-state index contributed by atoms with van der Waals surface area (Å²) in [6.07, 6.45) is -0.554. The maximum absolute atomic E-state index is 10.0. The fourth-order valence-corrected chi connectivity index (χ4v) is 0.997. The van der Waals surface area contributed by atoms with Crippen molar-refractivity contribution >= 4 is 6.16 Å². The lowest BCUT2D eigenvalue weighted by molar-refractivity contribution is -0.227. The fourth-order valence-electron chi connectivity index (χ4n) is 0.997. The van der Waals surface area contributed by atoms with E-state index in [2.05, 4.69) is 4.74 Å². The van der Waals surface area contributed by atoms with Crippen molar-refractivity contribution in [2.75, 3.05) is 13.2 Å². The van der Waals surface area contributed by atoms with Crippen LogP contribution in [0.25, 0.3) is 0 Å². The van der Waals surface area contributed by atoms with Gasteiger partial charge in [0.2, 0.25) is 5.79 Å². The molecule has 0 spiro atoms. The van der Waals surface area contributed by atoms with Gasteiger partial charge in [-0.05, 0) is 6.42 Å². The quantitative estimate of drug-likeness (QED) is 0.425. The molecule has 1 unspecified atom stereocenters. The van der Waals surface area contributed by atoms with Gasteiger partial charge in [-0.1, -0.05) is 0 Å². The summed E-state index contributed by atoms with van der Waals surface area (Å²) in [5, 5.41) is 17.5. The highest BCUT2D eigenvalue weighted by Gasteiger charge is 2.34. The fraction of sp³-hybridized carbons (Fsp3) is 0.833. The van der Waals surface area contributed by atoms with E-state index in [-0.39, 0.29) is 6.61 Å². The van der Waals surface area contributed by atoms with Crippen molar-refractivity contribution in [3.8, 4) is 0 Å². The molecule has 1 aliphatic rings. The summed E-state index contributed by atoms with van der Waals surface area (Å²) in [5.41, 5.74) is 0. The van der Waals surface area contributed by atoms with Gasteiger partial charge in [-0.25, -0.2) is 4.79 Å². The van der Waals surface area contributed by atoms with E-state index in [0.29, 0.717) is 19.4 Å². The Hall–Kier alpha value is -0.810. The number of carbonyl (C=O) groups is 1. The highest BCUT2D eigenvalue weighted by Crippen LogP contribution is 2.19. The number of rotatable bonds is 1. The number of hydrogen-bond donors (Lipinski definition) is 2.